The summed E-state index contributed by atoms with van der Waals surface area (Å²) < 4.78 is 49.9. The third-order valence-corrected chi connectivity index (χ3v) is 9.87. The van der Waals surface area contributed by atoms with Gasteiger partial charge in [-0.25, -0.2) is 31.5 Å². The zero-order valence-corrected chi connectivity index (χ0v) is 24.2. The quantitative estimate of drug-likeness (QED) is 0.186. The molecule has 0 aliphatic heterocycles. The standard InChI is InChI=1S/C14H14Cl2N2O2S.C9H4Cl3NO2S/c15-13-8-17-14(16)12-7-10(5-6-11(12)13)21(19,20)18-9-3-1-2-4-9;10-8-4-13-9(11)7-3-5(16(12,14)15)1-2-6(7)8/h5-9,18H,1-4H2;1-4H. The average molecular weight is 642 g/mol. The molecule has 0 amide bonds. The van der Waals surface area contributed by atoms with E-state index in [9.17, 15) is 16.8 Å². The molecular formula is C23H18Cl5N3O4S2. The van der Waals surface area contributed by atoms with Gasteiger partial charge in [-0.2, -0.15) is 0 Å². The summed E-state index contributed by atoms with van der Waals surface area (Å²) in [5, 5.41) is 3.59. The van der Waals surface area contributed by atoms with Crippen LogP contribution in [0, 0.1) is 0 Å². The lowest BCUT2D eigenvalue weighted by atomic mass is 10.2. The van der Waals surface area contributed by atoms with Crippen LogP contribution in [-0.4, -0.2) is 32.8 Å². The van der Waals surface area contributed by atoms with Gasteiger partial charge in [0, 0.05) is 50.7 Å². The van der Waals surface area contributed by atoms with E-state index in [1.807, 2.05) is 0 Å². The van der Waals surface area contributed by atoms with Crippen molar-refractivity contribution in [3.05, 3.63) is 69.1 Å². The minimum Gasteiger partial charge on any atom is -0.242 e. The number of pyridine rings is 2. The molecule has 0 atom stereocenters. The van der Waals surface area contributed by atoms with Gasteiger partial charge < -0.3 is 0 Å². The maximum Gasteiger partial charge on any atom is 0.261 e. The maximum absolute atomic E-state index is 12.4. The number of halogens is 5. The number of hydrogen-bond donors (Lipinski definition) is 1. The highest BCUT2D eigenvalue weighted by Gasteiger charge is 2.23. The first-order valence-electron chi connectivity index (χ1n) is 10.8. The second kappa shape index (κ2) is 11.4. The Balaban J connectivity index is 0.000000180. The Labute approximate surface area is 238 Å². The van der Waals surface area contributed by atoms with E-state index in [0.717, 1.165) is 25.7 Å². The summed E-state index contributed by atoms with van der Waals surface area (Å²) in [6.07, 6.45) is 6.77. The van der Waals surface area contributed by atoms with Crippen molar-refractivity contribution in [1.29, 1.82) is 0 Å². The third-order valence-electron chi connectivity index (χ3n) is 5.79. The van der Waals surface area contributed by atoms with E-state index < -0.39 is 19.1 Å². The van der Waals surface area contributed by atoms with Crippen LogP contribution in [0.5, 0.6) is 0 Å². The van der Waals surface area contributed by atoms with Crippen molar-refractivity contribution in [2.24, 2.45) is 0 Å². The first-order valence-corrected chi connectivity index (χ1v) is 16.1. The Morgan fingerprint density at radius 2 is 1.16 bits per heavy atom. The lowest BCUT2D eigenvalue weighted by Gasteiger charge is -2.13. The Kier molecular flexibility index (Phi) is 8.77. The van der Waals surface area contributed by atoms with E-state index in [2.05, 4.69) is 14.7 Å². The molecule has 1 N–H and O–H groups in total. The Hall–Kier alpha value is -1.43. The molecule has 0 bridgehead atoms. The Morgan fingerprint density at radius 1 is 0.703 bits per heavy atom. The summed E-state index contributed by atoms with van der Waals surface area (Å²) in [5.41, 5.74) is 0. The SMILES string of the molecule is O=S(=O)(Cl)c1ccc2c(Cl)cnc(Cl)c2c1.O=S(=O)(NC1CCCC1)c1ccc2c(Cl)cnc(Cl)c2c1. The van der Waals surface area contributed by atoms with E-state index in [4.69, 9.17) is 57.1 Å². The molecule has 0 saturated heterocycles. The number of nitrogens with one attached hydrogen (secondary N) is 1. The zero-order chi connectivity index (χ0) is 27.0. The normalized spacial score (nSPS) is 14.6. The van der Waals surface area contributed by atoms with Crippen LogP contribution in [0.1, 0.15) is 25.7 Å². The molecule has 1 aliphatic carbocycles. The van der Waals surface area contributed by atoms with Gasteiger partial charge in [0.2, 0.25) is 10.0 Å². The van der Waals surface area contributed by atoms with Crippen LogP contribution in [0.4, 0.5) is 0 Å². The van der Waals surface area contributed by atoms with Gasteiger partial charge in [-0.3, -0.25) is 0 Å². The van der Waals surface area contributed by atoms with Crippen molar-refractivity contribution in [3.8, 4) is 0 Å². The lowest BCUT2D eigenvalue weighted by Crippen LogP contribution is -2.32. The highest BCUT2D eigenvalue weighted by atomic mass is 35.7. The molecule has 2 aromatic carbocycles. The molecule has 2 aromatic heterocycles. The van der Waals surface area contributed by atoms with Crippen molar-refractivity contribution in [1.82, 2.24) is 14.7 Å². The number of nitrogens with zero attached hydrogens (tertiary/aromatic N) is 2. The third kappa shape index (κ3) is 6.59. The lowest BCUT2D eigenvalue weighted by molar-refractivity contribution is 0.552. The summed E-state index contributed by atoms with van der Waals surface area (Å²) in [6, 6.07) is 9.01. The zero-order valence-electron chi connectivity index (χ0n) is 18.8. The van der Waals surface area contributed by atoms with Gasteiger partial charge in [-0.15, -0.1) is 0 Å². The van der Waals surface area contributed by atoms with Crippen molar-refractivity contribution in [2.45, 2.75) is 41.5 Å². The first-order chi connectivity index (χ1) is 17.4. The van der Waals surface area contributed by atoms with Crippen LogP contribution < -0.4 is 4.72 Å². The molecule has 0 unspecified atom stereocenters. The molecule has 5 rings (SSSR count). The van der Waals surface area contributed by atoms with Crippen LogP contribution in [0.2, 0.25) is 20.4 Å². The second-order valence-corrected chi connectivity index (χ2v) is 14.1. The van der Waals surface area contributed by atoms with Crippen LogP contribution in [0.15, 0.2) is 58.6 Å². The van der Waals surface area contributed by atoms with E-state index >= 15 is 0 Å². The molecule has 0 radical (unpaired) electrons. The molecule has 37 heavy (non-hydrogen) atoms. The van der Waals surface area contributed by atoms with Gasteiger partial charge in [0.1, 0.15) is 10.3 Å². The maximum atomic E-state index is 12.4. The summed E-state index contributed by atoms with van der Waals surface area (Å²) >= 11 is 23.8. The Bertz CT molecular complexity index is 1710. The molecule has 2 heterocycles. The molecule has 196 valence electrons. The molecule has 1 aliphatic rings. The number of sulfonamides is 1. The number of benzene rings is 2. The minimum atomic E-state index is -3.78. The van der Waals surface area contributed by atoms with Gasteiger partial charge in [0.25, 0.3) is 9.05 Å². The monoisotopic (exact) mass is 639 g/mol. The highest BCUT2D eigenvalue weighted by Crippen LogP contribution is 2.31. The molecule has 0 spiro atoms. The summed E-state index contributed by atoms with van der Waals surface area (Å²) in [5.74, 6) is 0. The minimum absolute atomic E-state index is 0.0265. The van der Waals surface area contributed by atoms with Crippen molar-refractivity contribution in [2.75, 3.05) is 0 Å². The number of hydrogen-bond acceptors (Lipinski definition) is 6. The van der Waals surface area contributed by atoms with Gasteiger partial charge in [0.05, 0.1) is 19.8 Å². The van der Waals surface area contributed by atoms with Gasteiger partial charge in [-0.05, 0) is 37.1 Å². The predicted molar refractivity (Wildman–Crippen MR) is 149 cm³/mol. The smallest absolute Gasteiger partial charge is 0.242 e. The molecule has 7 nitrogen and oxygen atoms in total. The summed E-state index contributed by atoms with van der Waals surface area (Å²) in [6.45, 7) is 0. The fraction of sp³-hybridized carbons (Fsp3) is 0.217. The Morgan fingerprint density at radius 3 is 1.65 bits per heavy atom. The van der Waals surface area contributed by atoms with Crippen molar-refractivity contribution < 1.29 is 16.8 Å². The number of fused-ring (bicyclic) bond motifs is 2. The fourth-order valence-electron chi connectivity index (χ4n) is 3.96. The molecule has 1 fully saturated rings. The van der Waals surface area contributed by atoms with E-state index in [1.54, 1.807) is 18.2 Å². The molecule has 1 saturated carbocycles. The van der Waals surface area contributed by atoms with Crippen LogP contribution in [-0.2, 0) is 19.1 Å². The second-order valence-electron chi connectivity index (χ2n) is 8.25. The molecule has 14 heteroatoms. The van der Waals surface area contributed by atoms with Crippen molar-refractivity contribution in [3.63, 3.8) is 0 Å². The molecule has 4 aromatic rings. The molecular weight excluding hydrogens is 624 g/mol. The average Bonchev–Trinajstić information content (AvgIpc) is 3.36. The predicted octanol–water partition coefficient (Wildman–Crippen LogP) is 7.23. The van der Waals surface area contributed by atoms with Gasteiger partial charge >= 0.3 is 0 Å². The summed E-state index contributed by atoms with van der Waals surface area (Å²) in [4.78, 5) is 7.93. The first kappa shape index (κ1) is 28.6. The summed E-state index contributed by atoms with van der Waals surface area (Å²) in [7, 11) is -2.10. The van der Waals surface area contributed by atoms with Crippen LogP contribution in [0.3, 0.4) is 0 Å². The number of rotatable bonds is 4. The van der Waals surface area contributed by atoms with E-state index in [-0.39, 0.29) is 26.1 Å². The topological polar surface area (TPSA) is 106 Å². The van der Waals surface area contributed by atoms with Gasteiger partial charge in [0.15, 0.2) is 0 Å². The number of aromatic nitrogens is 2. The highest BCUT2D eigenvalue weighted by molar-refractivity contribution is 8.13. The van der Waals surface area contributed by atoms with Gasteiger partial charge in [-0.1, -0.05) is 71.4 Å². The van der Waals surface area contributed by atoms with Crippen molar-refractivity contribution >= 4 is 97.7 Å². The fourth-order valence-corrected chi connectivity index (χ4v) is 6.90. The van der Waals surface area contributed by atoms with Crippen LogP contribution >= 0.6 is 57.1 Å². The van der Waals surface area contributed by atoms with Crippen LogP contribution in [0.25, 0.3) is 21.5 Å². The van der Waals surface area contributed by atoms with E-state index in [1.165, 1.54) is 30.6 Å². The largest absolute Gasteiger partial charge is 0.261 e. The van der Waals surface area contributed by atoms with E-state index in [0.29, 0.717) is 31.6 Å².